The molecule has 1 heterocycles. The van der Waals surface area contributed by atoms with Crippen molar-refractivity contribution in [2.45, 2.75) is 29.8 Å². The summed E-state index contributed by atoms with van der Waals surface area (Å²) in [6, 6.07) is 7.73. The van der Waals surface area contributed by atoms with Gasteiger partial charge in [0.25, 0.3) is 5.91 Å². The van der Waals surface area contributed by atoms with Crippen LogP contribution in [0.15, 0.2) is 24.3 Å². The van der Waals surface area contributed by atoms with Crippen molar-refractivity contribution in [1.29, 1.82) is 0 Å². The lowest BCUT2D eigenvalue weighted by molar-refractivity contribution is 0.0950. The lowest BCUT2D eigenvalue weighted by Crippen LogP contribution is -2.36. The highest BCUT2D eigenvalue weighted by molar-refractivity contribution is 9.08. The molecule has 0 bridgehead atoms. The summed E-state index contributed by atoms with van der Waals surface area (Å²) < 4.78 is 0.228. The molecule has 98 valence electrons. The average Bonchev–Trinajstić information content (AvgIpc) is 2.83. The first-order chi connectivity index (χ1) is 8.63. The van der Waals surface area contributed by atoms with E-state index in [1.165, 1.54) is 24.2 Å². The fraction of sp³-hybridized carbons (Fsp3) is 0.500. The van der Waals surface area contributed by atoms with Gasteiger partial charge < -0.3 is 5.32 Å². The van der Waals surface area contributed by atoms with Crippen molar-refractivity contribution in [2.75, 3.05) is 12.3 Å². The maximum absolute atomic E-state index is 12.0. The number of hydrogen-bond acceptors (Lipinski definition) is 2. The second kappa shape index (κ2) is 6.11. The Bertz CT molecular complexity index is 412. The third-order valence-electron chi connectivity index (χ3n) is 3.29. The molecule has 2 rings (SSSR count). The molecule has 0 spiro atoms. The topological polar surface area (TPSA) is 29.1 Å². The zero-order chi connectivity index (χ0) is 13.0. The van der Waals surface area contributed by atoms with E-state index in [-0.39, 0.29) is 10.7 Å². The SMILES string of the molecule is CC1(CNC(=O)c2ccc(CBr)cc2)CCCS1. The lowest BCUT2D eigenvalue weighted by Gasteiger charge is -2.22. The van der Waals surface area contributed by atoms with E-state index in [4.69, 9.17) is 0 Å². The van der Waals surface area contributed by atoms with E-state index in [9.17, 15) is 4.79 Å². The second-order valence-electron chi connectivity index (χ2n) is 4.92. The number of thioether (sulfide) groups is 1. The minimum Gasteiger partial charge on any atom is -0.351 e. The first-order valence-corrected chi connectivity index (χ1v) is 8.31. The van der Waals surface area contributed by atoms with Crippen LogP contribution in [0.25, 0.3) is 0 Å². The Balaban J connectivity index is 1.90. The number of carbonyl (C=O) groups excluding carboxylic acids is 1. The molecular weight excluding hydrogens is 310 g/mol. The van der Waals surface area contributed by atoms with E-state index >= 15 is 0 Å². The molecule has 2 nitrogen and oxygen atoms in total. The number of alkyl halides is 1. The molecule has 1 atom stereocenters. The lowest BCUT2D eigenvalue weighted by atomic mass is 10.1. The van der Waals surface area contributed by atoms with Gasteiger partial charge in [0.15, 0.2) is 0 Å². The largest absolute Gasteiger partial charge is 0.351 e. The summed E-state index contributed by atoms with van der Waals surface area (Å²) in [6.45, 7) is 3.00. The Morgan fingerprint density at radius 2 is 2.17 bits per heavy atom. The van der Waals surface area contributed by atoms with Crippen LogP contribution in [0.1, 0.15) is 35.7 Å². The molecule has 0 aliphatic carbocycles. The van der Waals surface area contributed by atoms with Gasteiger partial charge in [0, 0.05) is 22.2 Å². The van der Waals surface area contributed by atoms with Gasteiger partial charge in [-0.15, -0.1) is 0 Å². The van der Waals surface area contributed by atoms with Gasteiger partial charge >= 0.3 is 0 Å². The van der Waals surface area contributed by atoms with Crippen LogP contribution < -0.4 is 5.32 Å². The second-order valence-corrected chi connectivity index (χ2v) is 7.16. The van der Waals surface area contributed by atoms with Gasteiger partial charge in [-0.2, -0.15) is 11.8 Å². The minimum absolute atomic E-state index is 0.0323. The Morgan fingerprint density at radius 3 is 2.72 bits per heavy atom. The van der Waals surface area contributed by atoms with E-state index in [2.05, 4.69) is 28.2 Å². The quantitative estimate of drug-likeness (QED) is 0.856. The molecule has 1 aliphatic rings. The number of carbonyl (C=O) groups is 1. The van der Waals surface area contributed by atoms with Crippen LogP contribution in [0.3, 0.4) is 0 Å². The molecule has 1 amide bonds. The van der Waals surface area contributed by atoms with Crippen LogP contribution in [0.2, 0.25) is 0 Å². The number of amides is 1. The Kier molecular flexibility index (Phi) is 4.73. The fourth-order valence-electron chi connectivity index (χ4n) is 2.09. The van der Waals surface area contributed by atoms with Crippen molar-refractivity contribution >= 4 is 33.6 Å². The standard InChI is InChI=1S/C14H18BrNOS/c1-14(7-2-8-18-14)10-16-13(17)12-5-3-11(9-15)4-6-12/h3-6H,2,7-10H2,1H3,(H,16,17). The molecule has 4 heteroatoms. The van der Waals surface area contributed by atoms with Gasteiger partial charge in [-0.3, -0.25) is 4.79 Å². The Labute approximate surface area is 121 Å². The van der Waals surface area contributed by atoms with E-state index in [0.717, 1.165) is 17.4 Å². The highest BCUT2D eigenvalue weighted by atomic mass is 79.9. The van der Waals surface area contributed by atoms with Crippen LogP contribution >= 0.6 is 27.7 Å². The molecule has 1 N–H and O–H groups in total. The molecule has 18 heavy (non-hydrogen) atoms. The van der Waals surface area contributed by atoms with Crippen LogP contribution in [0.4, 0.5) is 0 Å². The number of halogens is 1. The highest BCUT2D eigenvalue weighted by Gasteiger charge is 2.29. The first-order valence-electron chi connectivity index (χ1n) is 6.20. The third-order valence-corrected chi connectivity index (χ3v) is 5.48. The fourth-order valence-corrected chi connectivity index (χ4v) is 3.71. The molecule has 1 aromatic rings. The summed E-state index contributed by atoms with van der Waals surface area (Å²) in [7, 11) is 0. The smallest absolute Gasteiger partial charge is 0.251 e. The predicted molar refractivity (Wildman–Crippen MR) is 81.5 cm³/mol. The van der Waals surface area contributed by atoms with Gasteiger partial charge in [-0.1, -0.05) is 28.1 Å². The number of benzene rings is 1. The summed E-state index contributed by atoms with van der Waals surface area (Å²) in [6.07, 6.45) is 2.46. The summed E-state index contributed by atoms with van der Waals surface area (Å²) in [5.41, 5.74) is 1.93. The van der Waals surface area contributed by atoms with Crippen LogP contribution in [-0.4, -0.2) is 23.0 Å². The first kappa shape index (κ1) is 13.9. The molecule has 1 aromatic carbocycles. The zero-order valence-electron chi connectivity index (χ0n) is 10.5. The molecular formula is C14H18BrNOS. The van der Waals surface area contributed by atoms with Gasteiger partial charge in [0.05, 0.1) is 0 Å². The molecule has 1 unspecified atom stereocenters. The van der Waals surface area contributed by atoms with Gasteiger partial charge in [0.2, 0.25) is 0 Å². The van der Waals surface area contributed by atoms with E-state index in [1.54, 1.807) is 0 Å². The maximum atomic E-state index is 12.0. The van der Waals surface area contributed by atoms with Crippen LogP contribution in [0, 0.1) is 0 Å². The normalized spacial score (nSPS) is 23.0. The van der Waals surface area contributed by atoms with Crippen molar-refractivity contribution < 1.29 is 4.79 Å². The predicted octanol–water partition coefficient (Wildman–Crippen LogP) is 3.60. The highest BCUT2D eigenvalue weighted by Crippen LogP contribution is 2.36. The average molecular weight is 328 g/mol. The van der Waals surface area contributed by atoms with Crippen LogP contribution in [-0.2, 0) is 5.33 Å². The van der Waals surface area contributed by atoms with Crippen molar-refractivity contribution in [1.82, 2.24) is 5.32 Å². The number of nitrogens with one attached hydrogen (secondary N) is 1. The maximum Gasteiger partial charge on any atom is 0.251 e. The summed E-state index contributed by atoms with van der Waals surface area (Å²) >= 11 is 5.37. The zero-order valence-corrected chi connectivity index (χ0v) is 12.9. The summed E-state index contributed by atoms with van der Waals surface area (Å²) in [4.78, 5) is 12.0. The van der Waals surface area contributed by atoms with Gasteiger partial charge in [-0.05, 0) is 43.2 Å². The molecule has 1 saturated heterocycles. The number of rotatable bonds is 4. The van der Waals surface area contributed by atoms with Gasteiger partial charge in [0.1, 0.15) is 0 Å². The summed E-state index contributed by atoms with van der Waals surface area (Å²) in [5, 5.41) is 3.87. The van der Waals surface area contributed by atoms with Crippen molar-refractivity contribution in [2.24, 2.45) is 0 Å². The van der Waals surface area contributed by atoms with Crippen molar-refractivity contribution in [3.8, 4) is 0 Å². The Hall–Kier alpha value is -0.480. The van der Waals surface area contributed by atoms with Crippen LogP contribution in [0.5, 0.6) is 0 Å². The van der Waals surface area contributed by atoms with E-state index in [0.29, 0.717) is 0 Å². The van der Waals surface area contributed by atoms with E-state index < -0.39 is 0 Å². The molecule has 0 aromatic heterocycles. The molecule has 1 aliphatic heterocycles. The molecule has 1 fully saturated rings. The monoisotopic (exact) mass is 327 g/mol. The summed E-state index contributed by atoms with van der Waals surface area (Å²) in [5.74, 6) is 1.25. The van der Waals surface area contributed by atoms with Crippen molar-refractivity contribution in [3.63, 3.8) is 0 Å². The van der Waals surface area contributed by atoms with E-state index in [1.807, 2.05) is 36.0 Å². The van der Waals surface area contributed by atoms with Crippen molar-refractivity contribution in [3.05, 3.63) is 35.4 Å². The number of hydrogen-bond donors (Lipinski definition) is 1. The van der Waals surface area contributed by atoms with Gasteiger partial charge in [-0.25, -0.2) is 0 Å². The minimum atomic E-state index is 0.0323. The Morgan fingerprint density at radius 1 is 1.44 bits per heavy atom. The molecule has 0 saturated carbocycles. The molecule has 0 radical (unpaired) electrons. The third kappa shape index (κ3) is 3.51.